The number of hydrogen-bond donors (Lipinski definition) is 0. The minimum Gasteiger partial charge on any atom is -0.268 e. The number of rotatable bonds is 3. The van der Waals surface area contributed by atoms with Gasteiger partial charge in [-0.15, -0.1) is 0 Å². The van der Waals surface area contributed by atoms with Crippen LogP contribution in [-0.4, -0.2) is 9.78 Å². The van der Waals surface area contributed by atoms with Crippen molar-refractivity contribution in [3.8, 4) is 11.3 Å². The van der Waals surface area contributed by atoms with Gasteiger partial charge in [-0.05, 0) is 40.6 Å². The van der Waals surface area contributed by atoms with Crippen molar-refractivity contribution in [2.24, 2.45) is 0 Å². The molecule has 3 aromatic carbocycles. The molecule has 0 saturated heterocycles. The molecule has 0 aliphatic carbocycles. The summed E-state index contributed by atoms with van der Waals surface area (Å²) in [7, 11) is 0. The number of nitrogens with zero attached hydrogens (tertiary/aromatic N) is 2. The van der Waals surface area contributed by atoms with Gasteiger partial charge in [0.1, 0.15) is 0 Å². The topological polar surface area (TPSA) is 34.9 Å². The van der Waals surface area contributed by atoms with E-state index in [9.17, 15) is 4.79 Å². The maximum absolute atomic E-state index is 12.2. The van der Waals surface area contributed by atoms with Crippen LogP contribution in [0.15, 0.2) is 88.1 Å². The van der Waals surface area contributed by atoms with Gasteiger partial charge in [-0.25, -0.2) is 4.68 Å². The highest BCUT2D eigenvalue weighted by atomic mass is 79.9. The Morgan fingerprint density at radius 3 is 2.40 bits per heavy atom. The summed E-state index contributed by atoms with van der Waals surface area (Å²) < 4.78 is 2.52. The van der Waals surface area contributed by atoms with Crippen molar-refractivity contribution < 1.29 is 0 Å². The second-order valence-corrected chi connectivity index (χ2v) is 6.82. The molecule has 0 N–H and O–H groups in total. The third-order valence-electron chi connectivity index (χ3n) is 4.16. The van der Waals surface area contributed by atoms with Gasteiger partial charge < -0.3 is 0 Å². The summed E-state index contributed by atoms with van der Waals surface area (Å²) in [5.74, 6) is 0. The Kier molecular flexibility index (Phi) is 4.20. The second-order valence-electron chi connectivity index (χ2n) is 5.90. The van der Waals surface area contributed by atoms with Crippen molar-refractivity contribution in [2.75, 3.05) is 0 Å². The first-order chi connectivity index (χ1) is 12.2. The Balaban J connectivity index is 1.72. The highest BCUT2D eigenvalue weighted by molar-refractivity contribution is 9.10. The molecule has 0 fully saturated rings. The molecule has 0 atom stereocenters. The van der Waals surface area contributed by atoms with E-state index in [1.54, 1.807) is 12.1 Å². The number of aromatic nitrogens is 2. The standard InChI is InChI=1S/C21H15BrN2O/c22-19-9-5-15(6-10-19)14-24-21(25)12-11-20(23-24)18-8-7-16-3-1-2-4-17(16)13-18/h1-13H,14H2. The molecule has 0 bridgehead atoms. The number of hydrogen-bond acceptors (Lipinski definition) is 2. The van der Waals surface area contributed by atoms with E-state index in [0.717, 1.165) is 26.7 Å². The van der Waals surface area contributed by atoms with Crippen LogP contribution in [-0.2, 0) is 6.54 Å². The largest absolute Gasteiger partial charge is 0.268 e. The van der Waals surface area contributed by atoms with Crippen LogP contribution >= 0.6 is 15.9 Å². The summed E-state index contributed by atoms with van der Waals surface area (Å²) in [6.07, 6.45) is 0. The maximum atomic E-state index is 12.2. The molecule has 4 rings (SSSR count). The lowest BCUT2D eigenvalue weighted by Gasteiger charge is -2.08. The lowest BCUT2D eigenvalue weighted by molar-refractivity contribution is 0.643. The minimum atomic E-state index is -0.104. The smallest absolute Gasteiger partial charge is 0.267 e. The van der Waals surface area contributed by atoms with Crippen molar-refractivity contribution >= 4 is 26.7 Å². The van der Waals surface area contributed by atoms with E-state index >= 15 is 0 Å². The SMILES string of the molecule is O=c1ccc(-c2ccc3ccccc3c2)nn1Cc1ccc(Br)cc1. The number of benzene rings is 3. The van der Waals surface area contributed by atoms with Gasteiger partial charge >= 0.3 is 0 Å². The molecule has 0 saturated carbocycles. The van der Waals surface area contributed by atoms with Gasteiger partial charge in [-0.1, -0.05) is 64.5 Å². The third kappa shape index (κ3) is 3.39. The first-order valence-corrected chi connectivity index (χ1v) is 8.80. The van der Waals surface area contributed by atoms with Gasteiger partial charge in [-0.3, -0.25) is 4.79 Å². The van der Waals surface area contributed by atoms with Crippen molar-refractivity contribution in [1.82, 2.24) is 9.78 Å². The Hall–Kier alpha value is -2.72. The highest BCUT2D eigenvalue weighted by Crippen LogP contribution is 2.22. The molecule has 25 heavy (non-hydrogen) atoms. The minimum absolute atomic E-state index is 0.104. The molecular formula is C21H15BrN2O. The summed E-state index contributed by atoms with van der Waals surface area (Å²) in [6, 6.07) is 25.7. The molecule has 0 aliphatic heterocycles. The van der Waals surface area contributed by atoms with E-state index in [1.165, 1.54) is 10.1 Å². The Bertz CT molecular complexity index is 1100. The quantitative estimate of drug-likeness (QED) is 0.499. The van der Waals surface area contributed by atoms with Crippen LogP contribution in [0.3, 0.4) is 0 Å². The Labute approximate surface area is 153 Å². The average molecular weight is 391 g/mol. The second kappa shape index (κ2) is 6.65. The monoisotopic (exact) mass is 390 g/mol. The molecule has 3 nitrogen and oxygen atoms in total. The lowest BCUT2D eigenvalue weighted by atomic mass is 10.1. The van der Waals surface area contributed by atoms with Crippen LogP contribution in [0.2, 0.25) is 0 Å². The van der Waals surface area contributed by atoms with E-state index in [0.29, 0.717) is 6.54 Å². The van der Waals surface area contributed by atoms with E-state index in [-0.39, 0.29) is 5.56 Å². The van der Waals surface area contributed by atoms with Crippen LogP contribution < -0.4 is 5.56 Å². The molecule has 0 radical (unpaired) electrons. The molecule has 0 spiro atoms. The summed E-state index contributed by atoms with van der Waals surface area (Å²) >= 11 is 3.42. The number of fused-ring (bicyclic) bond motifs is 1. The molecule has 122 valence electrons. The predicted molar refractivity (Wildman–Crippen MR) is 105 cm³/mol. The maximum Gasteiger partial charge on any atom is 0.267 e. The van der Waals surface area contributed by atoms with E-state index in [1.807, 2.05) is 42.5 Å². The molecule has 4 heteroatoms. The molecule has 1 heterocycles. The fourth-order valence-corrected chi connectivity index (χ4v) is 3.09. The van der Waals surface area contributed by atoms with Gasteiger partial charge in [0, 0.05) is 16.1 Å². The van der Waals surface area contributed by atoms with Crippen molar-refractivity contribution in [3.05, 3.63) is 99.3 Å². The summed E-state index contributed by atoms with van der Waals surface area (Å²) in [5, 5.41) is 6.91. The fraction of sp³-hybridized carbons (Fsp3) is 0.0476. The first-order valence-electron chi connectivity index (χ1n) is 8.01. The normalized spacial score (nSPS) is 10.9. The van der Waals surface area contributed by atoms with Crippen LogP contribution in [0.25, 0.3) is 22.0 Å². The van der Waals surface area contributed by atoms with Gasteiger partial charge in [0.05, 0.1) is 12.2 Å². The van der Waals surface area contributed by atoms with Crippen LogP contribution in [0.1, 0.15) is 5.56 Å². The molecule has 0 amide bonds. The van der Waals surface area contributed by atoms with E-state index in [4.69, 9.17) is 0 Å². The van der Waals surface area contributed by atoms with Crippen LogP contribution in [0.4, 0.5) is 0 Å². The van der Waals surface area contributed by atoms with Crippen molar-refractivity contribution in [2.45, 2.75) is 6.54 Å². The molecule has 1 aromatic heterocycles. The van der Waals surface area contributed by atoms with Gasteiger partial charge in [0.25, 0.3) is 5.56 Å². The van der Waals surface area contributed by atoms with Crippen molar-refractivity contribution in [1.29, 1.82) is 0 Å². The highest BCUT2D eigenvalue weighted by Gasteiger charge is 2.05. The Morgan fingerprint density at radius 1 is 0.840 bits per heavy atom. The summed E-state index contributed by atoms with van der Waals surface area (Å²) in [6.45, 7) is 0.452. The number of halogens is 1. The van der Waals surface area contributed by atoms with E-state index < -0.39 is 0 Å². The summed E-state index contributed by atoms with van der Waals surface area (Å²) in [5.41, 5.74) is 2.73. The zero-order valence-corrected chi connectivity index (χ0v) is 15.0. The van der Waals surface area contributed by atoms with E-state index in [2.05, 4.69) is 45.3 Å². The third-order valence-corrected chi connectivity index (χ3v) is 4.69. The average Bonchev–Trinajstić information content (AvgIpc) is 2.65. The Morgan fingerprint density at radius 2 is 1.60 bits per heavy atom. The van der Waals surface area contributed by atoms with Gasteiger partial charge in [-0.2, -0.15) is 5.10 Å². The molecular weight excluding hydrogens is 376 g/mol. The van der Waals surface area contributed by atoms with Gasteiger partial charge in [0.2, 0.25) is 0 Å². The fourth-order valence-electron chi connectivity index (χ4n) is 2.83. The molecule has 0 unspecified atom stereocenters. The molecule has 4 aromatic rings. The van der Waals surface area contributed by atoms with Crippen LogP contribution in [0.5, 0.6) is 0 Å². The zero-order valence-electron chi connectivity index (χ0n) is 13.4. The van der Waals surface area contributed by atoms with Crippen LogP contribution in [0, 0.1) is 0 Å². The lowest BCUT2D eigenvalue weighted by Crippen LogP contribution is -2.22. The molecule has 0 aliphatic rings. The zero-order chi connectivity index (χ0) is 17.2. The van der Waals surface area contributed by atoms with Crippen molar-refractivity contribution in [3.63, 3.8) is 0 Å². The van der Waals surface area contributed by atoms with Gasteiger partial charge in [0.15, 0.2) is 0 Å². The predicted octanol–water partition coefficient (Wildman–Crippen LogP) is 4.87. The summed E-state index contributed by atoms with van der Waals surface area (Å²) in [4.78, 5) is 12.2. The first kappa shape index (κ1) is 15.8.